The molecule has 11 nitrogen and oxygen atoms in total. The average molecular weight is 731 g/mol. The van der Waals surface area contributed by atoms with E-state index in [2.05, 4.69) is 79.2 Å². The summed E-state index contributed by atoms with van der Waals surface area (Å²) >= 11 is -3.01. The van der Waals surface area contributed by atoms with Crippen molar-refractivity contribution in [2.45, 2.75) is 80.4 Å². The molecule has 2 saturated heterocycles. The molecule has 1 aromatic heterocycles. The first-order valence-corrected chi connectivity index (χ1v) is 22.1. The van der Waals surface area contributed by atoms with Crippen molar-refractivity contribution >= 4 is 44.3 Å². The van der Waals surface area contributed by atoms with Gasteiger partial charge in [0.15, 0.2) is 0 Å². The quantitative estimate of drug-likeness (QED) is 0.169. The Kier molecular flexibility index (Phi) is 11.9. The molecule has 1 N–H and O–H groups in total. The molecule has 2 aliphatic rings. The largest absolute Gasteiger partial charge is 0.892 e. The predicted octanol–water partition coefficient (Wildman–Crippen LogP) is 7.26. The molecule has 2 fully saturated rings. The van der Waals surface area contributed by atoms with Crippen LogP contribution in [0.4, 0.5) is 0 Å². The molecular formula is C35H55AlN2O9Si2. The van der Waals surface area contributed by atoms with Crippen LogP contribution in [0.3, 0.4) is 0 Å². The SMILES string of the molecule is CO[Si]12[O][Al]([O]CCOc3ccc(-c4nc5ccccc5[nH]4)cc3)[O][Si](OC)(OC(C)(C(C)C)C(C)C(C)C(C)C(C)C(C)(C(C)C)O1)O2. The van der Waals surface area contributed by atoms with E-state index >= 15 is 0 Å². The van der Waals surface area contributed by atoms with Crippen LogP contribution < -0.4 is 4.74 Å². The van der Waals surface area contributed by atoms with Gasteiger partial charge in [-0.3, -0.25) is 0 Å². The van der Waals surface area contributed by atoms with E-state index in [1.165, 1.54) is 0 Å². The number of hydrogen-bond donors (Lipinski definition) is 1. The van der Waals surface area contributed by atoms with Gasteiger partial charge in [-0.2, -0.15) is 0 Å². The molecule has 3 heterocycles. The molecule has 270 valence electrons. The van der Waals surface area contributed by atoms with E-state index in [0.29, 0.717) is 5.75 Å². The highest BCUT2D eigenvalue weighted by atomic mass is 28.5. The molecule has 2 aromatic carbocycles. The zero-order valence-electron chi connectivity index (χ0n) is 31.2. The molecule has 2 bridgehead atoms. The van der Waals surface area contributed by atoms with Gasteiger partial charge < -0.3 is 42.3 Å². The predicted molar refractivity (Wildman–Crippen MR) is 193 cm³/mol. The van der Waals surface area contributed by atoms with Crippen molar-refractivity contribution in [3.05, 3.63) is 48.5 Å². The summed E-state index contributed by atoms with van der Waals surface area (Å²) in [5.41, 5.74) is 1.58. The molecule has 0 aliphatic carbocycles. The Balaban J connectivity index is 1.36. The first-order valence-electron chi connectivity index (χ1n) is 17.5. The Labute approximate surface area is 299 Å². The molecule has 8 unspecified atom stereocenters. The number of rotatable bonds is 10. The Hall–Kier alpha value is -1.64. The number of nitrogens with zero attached hydrogens (tertiary/aromatic N) is 1. The van der Waals surface area contributed by atoms with Crippen LogP contribution in [0.25, 0.3) is 22.4 Å². The van der Waals surface area contributed by atoms with Crippen LogP contribution in [0, 0.1) is 35.5 Å². The van der Waals surface area contributed by atoms with Gasteiger partial charge in [-0.15, -0.1) is 0 Å². The summed E-state index contributed by atoms with van der Waals surface area (Å²) < 4.78 is 58.3. The summed E-state index contributed by atoms with van der Waals surface area (Å²) in [6, 6.07) is 15.8. The van der Waals surface area contributed by atoms with Crippen LogP contribution in [-0.4, -0.2) is 81.8 Å². The van der Waals surface area contributed by atoms with E-state index in [1.54, 1.807) is 14.2 Å². The second kappa shape index (κ2) is 15.1. The van der Waals surface area contributed by atoms with Crippen LogP contribution in [0.2, 0.25) is 0 Å². The van der Waals surface area contributed by atoms with E-state index in [0.717, 1.165) is 22.4 Å². The van der Waals surface area contributed by atoms with Crippen LogP contribution in [-0.2, 0) is 32.6 Å². The van der Waals surface area contributed by atoms with Gasteiger partial charge in [0.2, 0.25) is 0 Å². The monoisotopic (exact) mass is 730 g/mol. The molecule has 0 radical (unpaired) electrons. The number of para-hydroxylation sites is 2. The zero-order chi connectivity index (χ0) is 35.8. The highest BCUT2D eigenvalue weighted by molar-refractivity contribution is 6.78. The topological polar surface area (TPSA) is 112 Å². The van der Waals surface area contributed by atoms with Gasteiger partial charge in [0, 0.05) is 19.8 Å². The van der Waals surface area contributed by atoms with Crippen LogP contribution in [0.15, 0.2) is 48.5 Å². The fraction of sp³-hybridized carbons (Fsp3) is 0.629. The molecule has 0 saturated carbocycles. The summed E-state index contributed by atoms with van der Waals surface area (Å²) in [5.74, 6) is 2.55. The van der Waals surface area contributed by atoms with Gasteiger partial charge in [0.1, 0.15) is 18.2 Å². The lowest BCUT2D eigenvalue weighted by molar-refractivity contribution is -0.143. The maximum atomic E-state index is 7.02. The van der Waals surface area contributed by atoms with Crippen molar-refractivity contribution in [1.82, 2.24) is 9.97 Å². The number of hydrogen-bond acceptors (Lipinski definition) is 10. The minimum Gasteiger partial charge on any atom is -0.491 e. The van der Waals surface area contributed by atoms with E-state index in [-0.39, 0.29) is 48.7 Å². The van der Waals surface area contributed by atoms with Crippen LogP contribution in [0.1, 0.15) is 69.2 Å². The Morgan fingerprint density at radius 1 is 0.796 bits per heavy atom. The van der Waals surface area contributed by atoms with Gasteiger partial charge in [-0.1, -0.05) is 67.5 Å². The van der Waals surface area contributed by atoms with Crippen molar-refractivity contribution in [3.63, 3.8) is 0 Å². The summed E-state index contributed by atoms with van der Waals surface area (Å²) in [5, 5.41) is 0. The highest BCUT2D eigenvalue weighted by Gasteiger charge is 2.72. The number of ether oxygens (including phenoxy) is 1. The maximum absolute atomic E-state index is 7.02. The van der Waals surface area contributed by atoms with E-state index < -0.39 is 44.4 Å². The van der Waals surface area contributed by atoms with Gasteiger partial charge >= 0.3 is 33.2 Å². The van der Waals surface area contributed by atoms with Crippen molar-refractivity contribution < 1.29 is 37.3 Å². The zero-order valence-corrected chi connectivity index (χ0v) is 34.4. The number of aromatic amines is 1. The number of imidazole rings is 1. The van der Waals surface area contributed by atoms with Crippen molar-refractivity contribution in [3.8, 4) is 17.1 Å². The second-order valence-corrected chi connectivity index (χ2v) is 21.4. The molecule has 2 aliphatic heterocycles. The summed E-state index contributed by atoms with van der Waals surface area (Å²) in [7, 11) is -4.76. The second-order valence-electron chi connectivity index (χ2n) is 14.6. The lowest BCUT2D eigenvalue weighted by Gasteiger charge is -2.49. The molecule has 0 spiro atoms. The third kappa shape index (κ3) is 7.77. The summed E-state index contributed by atoms with van der Waals surface area (Å²) in [6.45, 7) is 22.5. The van der Waals surface area contributed by atoms with Crippen LogP contribution >= 0.6 is 0 Å². The number of nitrogens with one attached hydrogen (secondary N) is 1. The fourth-order valence-electron chi connectivity index (χ4n) is 6.95. The Bertz CT molecular complexity index is 1470. The summed E-state index contributed by atoms with van der Waals surface area (Å²) in [6.07, 6.45) is 0. The third-order valence-electron chi connectivity index (χ3n) is 11.6. The van der Waals surface area contributed by atoms with Crippen molar-refractivity contribution in [1.29, 1.82) is 0 Å². The molecule has 5 rings (SSSR count). The highest BCUT2D eigenvalue weighted by Crippen LogP contribution is 2.48. The first kappa shape index (κ1) is 38.6. The molecule has 8 atom stereocenters. The number of aromatic nitrogens is 2. The average Bonchev–Trinajstić information content (AvgIpc) is 3.53. The Morgan fingerprint density at radius 2 is 1.33 bits per heavy atom. The minimum atomic E-state index is -3.94. The number of H-pyrrole nitrogens is 1. The van der Waals surface area contributed by atoms with E-state index in [1.807, 2.05) is 48.5 Å². The maximum Gasteiger partial charge on any atom is 0.892 e. The standard InChI is InChI=1S/C20H42O7Si2.C15H13N2O2.Al/c1-13(2)19(9)17(7)15(5)16(6)18(8)20(10,14(3)4)26-29(22,24-12)27-28(21,23-11)25-19;18-9-10-19-12-7-5-11(6-8-12)15-16-13-3-1-2-4-14(13)17-15;/h13-18H,1-12H3;1-8H,9-10H2,(H,16,17);/q-2;-1;+3. The third-order valence-corrected chi connectivity index (χ3v) is 20.3. The number of fused-ring (bicyclic) bond motifs is 3. The first-order chi connectivity index (χ1) is 23.1. The van der Waals surface area contributed by atoms with Gasteiger partial charge in [-0.05, 0) is 85.8 Å². The minimum absolute atomic E-state index is 0.117. The summed E-state index contributed by atoms with van der Waals surface area (Å²) in [4.78, 5) is 8.05. The van der Waals surface area contributed by atoms with Gasteiger partial charge in [0.25, 0.3) is 0 Å². The Morgan fingerprint density at radius 3 is 1.82 bits per heavy atom. The van der Waals surface area contributed by atoms with E-state index in [4.69, 9.17) is 37.3 Å². The van der Waals surface area contributed by atoms with E-state index in [9.17, 15) is 0 Å². The van der Waals surface area contributed by atoms with Gasteiger partial charge in [0.05, 0.1) is 28.8 Å². The smallest absolute Gasteiger partial charge is 0.491 e. The lowest BCUT2D eigenvalue weighted by atomic mass is 9.65. The van der Waals surface area contributed by atoms with Crippen molar-refractivity contribution in [2.75, 3.05) is 27.4 Å². The molecule has 49 heavy (non-hydrogen) atoms. The molecular weight excluding hydrogens is 676 g/mol. The fourth-order valence-corrected chi connectivity index (χ4v) is 17.0. The van der Waals surface area contributed by atoms with Gasteiger partial charge in [-0.25, -0.2) is 4.98 Å². The molecule has 0 amide bonds. The number of benzene rings is 2. The lowest BCUT2D eigenvalue weighted by Crippen LogP contribution is -2.73. The normalized spacial score (nSPS) is 34.4. The molecule has 14 heteroatoms. The van der Waals surface area contributed by atoms with Crippen LogP contribution in [0.5, 0.6) is 5.75 Å². The van der Waals surface area contributed by atoms with Crippen molar-refractivity contribution in [2.24, 2.45) is 35.5 Å². The molecule has 3 aromatic rings.